The number of ether oxygens (including phenoxy) is 1. The molecule has 3 heteroatoms. The van der Waals surface area contributed by atoms with Gasteiger partial charge in [-0.2, -0.15) is 0 Å². The molecule has 1 aliphatic heterocycles. The first-order chi connectivity index (χ1) is 5.19. The monoisotopic (exact) mass is 158 g/mol. The molecule has 0 bridgehead atoms. The normalized spacial score (nSPS) is 39.0. The maximum atomic E-state index is 5.64. The Kier molecular flexibility index (Phi) is 2.87. The molecule has 0 radical (unpaired) electrons. The molecule has 1 heterocycles. The number of nitrogens with one attached hydrogen (secondary N) is 2. The van der Waals surface area contributed by atoms with Crippen LogP contribution in [0.15, 0.2) is 0 Å². The summed E-state index contributed by atoms with van der Waals surface area (Å²) < 4.78 is 5.64. The highest BCUT2D eigenvalue weighted by Gasteiger charge is 2.33. The van der Waals surface area contributed by atoms with Crippen molar-refractivity contribution < 1.29 is 4.74 Å². The van der Waals surface area contributed by atoms with Crippen LogP contribution in [0.1, 0.15) is 20.8 Å². The van der Waals surface area contributed by atoms with E-state index in [1.165, 1.54) is 0 Å². The molecule has 0 aromatic heterocycles. The number of rotatable bonds is 2. The van der Waals surface area contributed by atoms with E-state index in [-0.39, 0.29) is 5.72 Å². The number of hydrogen-bond donors (Lipinski definition) is 2. The van der Waals surface area contributed by atoms with Gasteiger partial charge in [-0.1, -0.05) is 6.92 Å². The van der Waals surface area contributed by atoms with Crippen LogP contribution >= 0.6 is 0 Å². The smallest absolute Gasteiger partial charge is 0.131 e. The lowest BCUT2D eigenvalue weighted by atomic mass is 10.1. The second-order valence-corrected chi connectivity index (χ2v) is 3.16. The Bertz CT molecular complexity index is 125. The predicted octanol–water partition coefficient (Wildman–Crippen LogP) is 0.320. The summed E-state index contributed by atoms with van der Waals surface area (Å²) in [5, 5.41) is 6.70. The summed E-state index contributed by atoms with van der Waals surface area (Å²) in [4.78, 5) is 0. The highest BCUT2D eigenvalue weighted by atomic mass is 16.5. The minimum atomic E-state index is -0.174. The van der Waals surface area contributed by atoms with E-state index in [9.17, 15) is 0 Å². The molecular weight excluding hydrogens is 140 g/mol. The van der Waals surface area contributed by atoms with Crippen LogP contribution in [0.5, 0.6) is 0 Å². The van der Waals surface area contributed by atoms with Crippen molar-refractivity contribution in [2.75, 3.05) is 19.7 Å². The van der Waals surface area contributed by atoms with Crippen LogP contribution in [0.2, 0.25) is 0 Å². The highest BCUT2D eigenvalue weighted by molar-refractivity contribution is 4.86. The van der Waals surface area contributed by atoms with Crippen molar-refractivity contribution in [1.82, 2.24) is 10.6 Å². The summed E-state index contributed by atoms with van der Waals surface area (Å²) in [6.45, 7) is 9.03. The molecule has 1 aliphatic rings. The summed E-state index contributed by atoms with van der Waals surface area (Å²) in [6, 6.07) is 0.385. The lowest BCUT2D eigenvalue weighted by molar-refractivity contribution is -0.101. The van der Waals surface area contributed by atoms with E-state index >= 15 is 0 Å². The summed E-state index contributed by atoms with van der Waals surface area (Å²) in [6.07, 6.45) is 0. The molecule has 2 N–H and O–H groups in total. The Morgan fingerprint density at radius 3 is 3.00 bits per heavy atom. The molecule has 3 nitrogen and oxygen atoms in total. The fraction of sp³-hybridized carbons (Fsp3) is 1.00. The van der Waals surface area contributed by atoms with E-state index in [1.54, 1.807) is 0 Å². The SMILES string of the molecule is CCNC1(C)OCCNC1C. The lowest BCUT2D eigenvalue weighted by Crippen LogP contribution is -2.62. The zero-order valence-corrected chi connectivity index (χ0v) is 7.61. The van der Waals surface area contributed by atoms with Gasteiger partial charge >= 0.3 is 0 Å². The van der Waals surface area contributed by atoms with E-state index in [0.29, 0.717) is 6.04 Å². The second-order valence-electron chi connectivity index (χ2n) is 3.16. The number of morpholine rings is 1. The molecule has 66 valence electrons. The van der Waals surface area contributed by atoms with Crippen LogP contribution in [0, 0.1) is 0 Å². The van der Waals surface area contributed by atoms with Gasteiger partial charge in [0.2, 0.25) is 0 Å². The Morgan fingerprint density at radius 1 is 1.73 bits per heavy atom. The zero-order valence-electron chi connectivity index (χ0n) is 7.61. The van der Waals surface area contributed by atoms with Gasteiger partial charge in [0.1, 0.15) is 5.72 Å². The maximum Gasteiger partial charge on any atom is 0.131 e. The predicted molar refractivity (Wildman–Crippen MR) is 45.5 cm³/mol. The molecule has 0 saturated carbocycles. The topological polar surface area (TPSA) is 33.3 Å². The molecule has 0 spiro atoms. The van der Waals surface area contributed by atoms with Crippen LogP contribution in [0.4, 0.5) is 0 Å². The van der Waals surface area contributed by atoms with Crippen molar-refractivity contribution in [3.05, 3.63) is 0 Å². The fourth-order valence-corrected chi connectivity index (χ4v) is 1.41. The maximum absolute atomic E-state index is 5.64. The third-order valence-electron chi connectivity index (χ3n) is 2.31. The Balaban J connectivity index is 2.49. The molecule has 0 aromatic carbocycles. The summed E-state index contributed by atoms with van der Waals surface area (Å²) >= 11 is 0. The van der Waals surface area contributed by atoms with Gasteiger partial charge in [-0.05, 0) is 20.4 Å². The first kappa shape index (κ1) is 8.97. The van der Waals surface area contributed by atoms with E-state index in [2.05, 4.69) is 31.4 Å². The van der Waals surface area contributed by atoms with Crippen LogP contribution in [0.25, 0.3) is 0 Å². The van der Waals surface area contributed by atoms with Crippen molar-refractivity contribution in [1.29, 1.82) is 0 Å². The van der Waals surface area contributed by atoms with Gasteiger partial charge in [0, 0.05) is 12.6 Å². The third-order valence-corrected chi connectivity index (χ3v) is 2.31. The molecule has 1 rings (SSSR count). The van der Waals surface area contributed by atoms with Crippen molar-refractivity contribution in [2.24, 2.45) is 0 Å². The standard InChI is InChI=1S/C8H18N2O/c1-4-10-8(3)7(2)9-5-6-11-8/h7,9-10H,4-6H2,1-3H3. The van der Waals surface area contributed by atoms with Crippen molar-refractivity contribution in [2.45, 2.75) is 32.5 Å². The molecule has 11 heavy (non-hydrogen) atoms. The van der Waals surface area contributed by atoms with E-state index in [1.807, 2.05) is 0 Å². The van der Waals surface area contributed by atoms with Crippen LogP contribution in [0.3, 0.4) is 0 Å². The molecule has 1 saturated heterocycles. The molecule has 0 aromatic rings. The highest BCUT2D eigenvalue weighted by Crippen LogP contribution is 2.14. The van der Waals surface area contributed by atoms with Crippen molar-refractivity contribution in [3.63, 3.8) is 0 Å². The number of likely N-dealkylation sites (N-methyl/N-ethyl adjacent to an activating group) is 1. The molecule has 1 fully saturated rings. The van der Waals surface area contributed by atoms with Crippen LogP contribution < -0.4 is 10.6 Å². The average Bonchev–Trinajstić information content (AvgIpc) is 1.96. The zero-order chi connectivity index (χ0) is 8.32. The second kappa shape index (κ2) is 3.52. The summed E-state index contributed by atoms with van der Waals surface area (Å²) in [5.41, 5.74) is -0.174. The van der Waals surface area contributed by atoms with Crippen LogP contribution in [-0.2, 0) is 4.74 Å². The molecule has 0 amide bonds. The van der Waals surface area contributed by atoms with Gasteiger partial charge in [0.15, 0.2) is 0 Å². The van der Waals surface area contributed by atoms with Gasteiger partial charge in [0.25, 0.3) is 0 Å². The minimum Gasteiger partial charge on any atom is -0.358 e. The van der Waals surface area contributed by atoms with Gasteiger partial charge in [-0.15, -0.1) is 0 Å². The summed E-state index contributed by atoms with van der Waals surface area (Å²) in [7, 11) is 0. The Hall–Kier alpha value is -0.120. The molecule has 2 atom stereocenters. The van der Waals surface area contributed by atoms with E-state index < -0.39 is 0 Å². The average molecular weight is 158 g/mol. The lowest BCUT2D eigenvalue weighted by Gasteiger charge is -2.40. The van der Waals surface area contributed by atoms with Crippen LogP contribution in [-0.4, -0.2) is 31.5 Å². The fourth-order valence-electron chi connectivity index (χ4n) is 1.41. The van der Waals surface area contributed by atoms with Gasteiger partial charge in [-0.25, -0.2) is 0 Å². The van der Waals surface area contributed by atoms with Crippen molar-refractivity contribution in [3.8, 4) is 0 Å². The summed E-state index contributed by atoms with van der Waals surface area (Å²) in [5.74, 6) is 0. The Labute approximate surface area is 68.5 Å². The largest absolute Gasteiger partial charge is 0.358 e. The minimum absolute atomic E-state index is 0.174. The van der Waals surface area contributed by atoms with Gasteiger partial charge < -0.3 is 10.1 Å². The van der Waals surface area contributed by atoms with E-state index in [0.717, 1.165) is 19.7 Å². The molecule has 0 aliphatic carbocycles. The number of hydrogen-bond acceptors (Lipinski definition) is 3. The van der Waals surface area contributed by atoms with Gasteiger partial charge in [-0.3, -0.25) is 5.32 Å². The Morgan fingerprint density at radius 2 is 2.45 bits per heavy atom. The quantitative estimate of drug-likeness (QED) is 0.607. The van der Waals surface area contributed by atoms with E-state index in [4.69, 9.17) is 4.74 Å². The van der Waals surface area contributed by atoms with Crippen molar-refractivity contribution >= 4 is 0 Å². The first-order valence-electron chi connectivity index (χ1n) is 4.31. The molecule has 2 unspecified atom stereocenters. The molecular formula is C8H18N2O. The first-order valence-corrected chi connectivity index (χ1v) is 4.31. The third kappa shape index (κ3) is 1.92. The van der Waals surface area contributed by atoms with Gasteiger partial charge in [0.05, 0.1) is 6.61 Å².